The van der Waals surface area contributed by atoms with E-state index in [2.05, 4.69) is 27.6 Å². The predicted molar refractivity (Wildman–Crippen MR) is 84.4 cm³/mol. The molecule has 0 saturated heterocycles. The average molecular weight is 388 g/mol. The SMILES string of the molecule is Oc1ccc(I)cc1-c1nc2cccc(Cl)c2s1. The molecule has 0 spiro atoms. The highest BCUT2D eigenvalue weighted by Gasteiger charge is 2.12. The topological polar surface area (TPSA) is 33.1 Å². The number of fused-ring (bicyclic) bond motifs is 1. The molecule has 0 atom stereocenters. The molecule has 2 nitrogen and oxygen atoms in total. The zero-order chi connectivity index (χ0) is 12.7. The number of halogens is 2. The summed E-state index contributed by atoms with van der Waals surface area (Å²) >= 11 is 9.84. The number of hydrogen-bond donors (Lipinski definition) is 1. The van der Waals surface area contributed by atoms with E-state index in [0.29, 0.717) is 5.02 Å². The minimum atomic E-state index is 0.241. The molecular weight excluding hydrogens is 381 g/mol. The lowest BCUT2D eigenvalue weighted by molar-refractivity contribution is 0.477. The van der Waals surface area contributed by atoms with Gasteiger partial charge in [0, 0.05) is 3.57 Å². The summed E-state index contributed by atoms with van der Waals surface area (Å²) < 4.78 is 2.01. The molecule has 0 amide bonds. The lowest BCUT2D eigenvalue weighted by Crippen LogP contribution is -1.79. The molecular formula is C13H7ClINOS. The van der Waals surface area contributed by atoms with Crippen molar-refractivity contribution < 1.29 is 5.11 Å². The number of rotatable bonds is 1. The normalized spacial score (nSPS) is 11.0. The standard InChI is InChI=1S/C13H7ClINOS/c14-9-2-1-3-10-12(9)18-13(16-10)8-6-7(15)4-5-11(8)17/h1-6,17H. The minimum Gasteiger partial charge on any atom is -0.507 e. The van der Waals surface area contributed by atoms with E-state index >= 15 is 0 Å². The predicted octanol–water partition coefficient (Wildman–Crippen LogP) is 4.93. The Balaban J connectivity index is 2.26. The van der Waals surface area contributed by atoms with Crippen molar-refractivity contribution in [3.8, 4) is 16.3 Å². The number of aromatic hydroxyl groups is 1. The van der Waals surface area contributed by atoms with Crippen LogP contribution in [0.4, 0.5) is 0 Å². The molecule has 5 heteroatoms. The molecule has 0 aliphatic heterocycles. The third-order valence-corrected chi connectivity index (χ3v) is 4.79. The van der Waals surface area contributed by atoms with E-state index in [-0.39, 0.29) is 5.75 Å². The molecule has 3 rings (SSSR count). The van der Waals surface area contributed by atoms with Crippen molar-refractivity contribution in [3.63, 3.8) is 0 Å². The first-order valence-electron chi connectivity index (χ1n) is 5.19. The van der Waals surface area contributed by atoms with Crippen LogP contribution in [0.1, 0.15) is 0 Å². The Kier molecular flexibility index (Phi) is 3.17. The monoisotopic (exact) mass is 387 g/mol. The van der Waals surface area contributed by atoms with E-state index in [9.17, 15) is 5.11 Å². The number of aromatic nitrogens is 1. The number of hydrogen-bond acceptors (Lipinski definition) is 3. The van der Waals surface area contributed by atoms with Gasteiger partial charge in [-0.3, -0.25) is 0 Å². The molecule has 0 aliphatic rings. The van der Waals surface area contributed by atoms with Crippen molar-refractivity contribution in [3.05, 3.63) is 45.0 Å². The van der Waals surface area contributed by atoms with Gasteiger partial charge in [-0.2, -0.15) is 0 Å². The van der Waals surface area contributed by atoms with E-state index in [1.807, 2.05) is 30.3 Å². The van der Waals surface area contributed by atoms with Crippen LogP contribution >= 0.6 is 45.5 Å². The lowest BCUT2D eigenvalue weighted by atomic mass is 10.2. The summed E-state index contributed by atoms with van der Waals surface area (Å²) in [6.45, 7) is 0. The third kappa shape index (κ3) is 2.08. The van der Waals surface area contributed by atoms with E-state index in [0.717, 1.165) is 24.4 Å². The molecule has 2 aromatic carbocycles. The van der Waals surface area contributed by atoms with Crippen LogP contribution < -0.4 is 0 Å². The molecule has 18 heavy (non-hydrogen) atoms. The van der Waals surface area contributed by atoms with Crippen LogP contribution in [-0.4, -0.2) is 10.1 Å². The largest absolute Gasteiger partial charge is 0.507 e. The molecule has 1 aromatic heterocycles. The average Bonchev–Trinajstić information content (AvgIpc) is 2.77. The van der Waals surface area contributed by atoms with Gasteiger partial charge in [-0.15, -0.1) is 11.3 Å². The highest BCUT2D eigenvalue weighted by Crippen LogP contribution is 2.38. The first-order valence-corrected chi connectivity index (χ1v) is 7.46. The summed E-state index contributed by atoms with van der Waals surface area (Å²) in [7, 11) is 0. The van der Waals surface area contributed by atoms with Gasteiger partial charge in [0.2, 0.25) is 0 Å². The fourth-order valence-electron chi connectivity index (χ4n) is 1.71. The van der Waals surface area contributed by atoms with Crippen molar-refractivity contribution in [2.75, 3.05) is 0 Å². The fraction of sp³-hybridized carbons (Fsp3) is 0. The van der Waals surface area contributed by atoms with Crippen molar-refractivity contribution >= 4 is 55.7 Å². The van der Waals surface area contributed by atoms with Crippen LogP contribution in [0.25, 0.3) is 20.8 Å². The van der Waals surface area contributed by atoms with Crippen LogP contribution in [0.2, 0.25) is 5.02 Å². The quantitative estimate of drug-likeness (QED) is 0.601. The van der Waals surface area contributed by atoms with Crippen molar-refractivity contribution in [1.82, 2.24) is 4.98 Å². The number of benzene rings is 2. The van der Waals surface area contributed by atoms with Gasteiger partial charge in [0.1, 0.15) is 10.8 Å². The molecule has 0 saturated carbocycles. The molecule has 1 heterocycles. The summed E-state index contributed by atoms with van der Waals surface area (Å²) in [5.74, 6) is 0.241. The van der Waals surface area contributed by atoms with E-state index < -0.39 is 0 Å². The van der Waals surface area contributed by atoms with Crippen LogP contribution in [0.5, 0.6) is 5.75 Å². The second-order valence-corrected chi connectivity index (χ2v) is 6.42. The van der Waals surface area contributed by atoms with Gasteiger partial charge in [-0.05, 0) is 52.9 Å². The van der Waals surface area contributed by atoms with Crippen molar-refractivity contribution in [1.29, 1.82) is 0 Å². The Morgan fingerprint density at radius 3 is 2.83 bits per heavy atom. The molecule has 90 valence electrons. The maximum absolute atomic E-state index is 9.91. The van der Waals surface area contributed by atoms with Crippen molar-refractivity contribution in [2.45, 2.75) is 0 Å². The Morgan fingerprint density at radius 2 is 2.06 bits per heavy atom. The highest BCUT2D eigenvalue weighted by atomic mass is 127. The van der Waals surface area contributed by atoms with E-state index in [1.165, 1.54) is 11.3 Å². The molecule has 3 aromatic rings. The van der Waals surface area contributed by atoms with Crippen LogP contribution in [0.15, 0.2) is 36.4 Å². The summed E-state index contributed by atoms with van der Waals surface area (Å²) in [5, 5.41) is 11.4. The summed E-state index contributed by atoms with van der Waals surface area (Å²) in [6, 6.07) is 11.1. The van der Waals surface area contributed by atoms with Gasteiger partial charge in [0.05, 0.1) is 20.8 Å². The second-order valence-electron chi connectivity index (χ2n) is 3.77. The van der Waals surface area contributed by atoms with Crippen LogP contribution in [0.3, 0.4) is 0 Å². The second kappa shape index (κ2) is 4.68. The van der Waals surface area contributed by atoms with Gasteiger partial charge in [-0.25, -0.2) is 4.98 Å². The first-order chi connectivity index (χ1) is 8.65. The van der Waals surface area contributed by atoms with Gasteiger partial charge in [0.15, 0.2) is 0 Å². The molecule has 1 N–H and O–H groups in total. The van der Waals surface area contributed by atoms with Crippen LogP contribution in [0, 0.1) is 3.57 Å². The zero-order valence-electron chi connectivity index (χ0n) is 9.02. The number of thiazole rings is 1. The van der Waals surface area contributed by atoms with Crippen molar-refractivity contribution in [2.24, 2.45) is 0 Å². The Bertz CT molecular complexity index is 741. The van der Waals surface area contributed by atoms with E-state index in [1.54, 1.807) is 6.07 Å². The Morgan fingerprint density at radius 1 is 1.22 bits per heavy atom. The third-order valence-electron chi connectivity index (χ3n) is 2.56. The molecule has 0 bridgehead atoms. The number of phenols is 1. The van der Waals surface area contributed by atoms with Gasteiger partial charge in [-0.1, -0.05) is 17.7 Å². The lowest BCUT2D eigenvalue weighted by Gasteiger charge is -2.00. The zero-order valence-corrected chi connectivity index (χ0v) is 12.8. The van der Waals surface area contributed by atoms with Gasteiger partial charge in [0.25, 0.3) is 0 Å². The maximum atomic E-state index is 9.91. The summed E-state index contributed by atoms with van der Waals surface area (Å²) in [4.78, 5) is 4.52. The first kappa shape index (κ1) is 12.2. The molecule has 0 unspecified atom stereocenters. The maximum Gasteiger partial charge on any atom is 0.128 e. The fourth-order valence-corrected chi connectivity index (χ4v) is 3.48. The van der Waals surface area contributed by atoms with Gasteiger partial charge >= 0.3 is 0 Å². The smallest absolute Gasteiger partial charge is 0.128 e. The highest BCUT2D eigenvalue weighted by molar-refractivity contribution is 14.1. The Labute approximate surface area is 126 Å². The Hall–Kier alpha value is -0.850. The minimum absolute atomic E-state index is 0.241. The van der Waals surface area contributed by atoms with Crippen LogP contribution in [-0.2, 0) is 0 Å². The van der Waals surface area contributed by atoms with Gasteiger partial charge < -0.3 is 5.11 Å². The summed E-state index contributed by atoms with van der Waals surface area (Å²) in [6.07, 6.45) is 0. The summed E-state index contributed by atoms with van der Waals surface area (Å²) in [5.41, 5.74) is 1.61. The molecule has 0 radical (unpaired) electrons. The molecule has 0 fully saturated rings. The number of phenolic OH excluding ortho intramolecular Hbond substituents is 1. The van der Waals surface area contributed by atoms with E-state index in [4.69, 9.17) is 11.6 Å². The number of nitrogens with zero attached hydrogens (tertiary/aromatic N) is 1. The molecule has 0 aliphatic carbocycles.